The van der Waals surface area contributed by atoms with E-state index >= 15 is 0 Å². The fraction of sp³-hybridized carbons (Fsp3) is 0.125. The van der Waals surface area contributed by atoms with Crippen LogP contribution in [-0.4, -0.2) is 24.3 Å². The van der Waals surface area contributed by atoms with Gasteiger partial charge in [-0.1, -0.05) is 30.3 Å². The maximum Gasteiger partial charge on any atom is 0.273 e. The minimum Gasteiger partial charge on any atom is -0.495 e. The first-order valence-corrected chi connectivity index (χ1v) is 8.77. The molecule has 7 heteroatoms. The summed E-state index contributed by atoms with van der Waals surface area (Å²) < 4.78 is 7.33. The lowest BCUT2D eigenvalue weighted by molar-refractivity contribution is -0.129. The van der Waals surface area contributed by atoms with Crippen molar-refractivity contribution in [2.75, 3.05) is 7.11 Å². The summed E-state index contributed by atoms with van der Waals surface area (Å²) in [5.41, 5.74) is 3.60. The van der Waals surface area contributed by atoms with Gasteiger partial charge >= 0.3 is 0 Å². The Balaban J connectivity index is 2.09. The van der Waals surface area contributed by atoms with Crippen molar-refractivity contribution >= 4 is 57.3 Å². The van der Waals surface area contributed by atoms with Crippen molar-refractivity contribution in [2.45, 2.75) is 6.10 Å². The van der Waals surface area contributed by atoms with E-state index in [9.17, 15) is 9.90 Å². The van der Waals surface area contributed by atoms with Crippen LogP contribution in [0.5, 0.6) is 5.75 Å². The van der Waals surface area contributed by atoms with Gasteiger partial charge in [0, 0.05) is 9.13 Å². The Hall–Kier alpha value is -1.20. The van der Waals surface area contributed by atoms with E-state index in [0.717, 1.165) is 12.7 Å². The summed E-state index contributed by atoms with van der Waals surface area (Å²) in [6, 6.07) is 12.6. The molecule has 120 valence electrons. The quantitative estimate of drug-likeness (QED) is 0.351. The fourth-order valence-electron chi connectivity index (χ4n) is 1.90. The van der Waals surface area contributed by atoms with E-state index in [0.29, 0.717) is 11.3 Å². The highest BCUT2D eigenvalue weighted by Crippen LogP contribution is 2.26. The fourth-order valence-corrected chi connectivity index (χ4v) is 4.01. The summed E-state index contributed by atoms with van der Waals surface area (Å²) in [6.07, 6.45) is 0.241. The zero-order valence-corrected chi connectivity index (χ0v) is 16.5. The summed E-state index contributed by atoms with van der Waals surface area (Å²) in [5, 5.41) is 13.9. The molecule has 0 radical (unpaired) electrons. The molecule has 0 bridgehead atoms. The number of aliphatic hydroxyl groups is 1. The Bertz CT molecular complexity index is 721. The van der Waals surface area contributed by atoms with E-state index < -0.39 is 12.0 Å². The molecule has 2 aromatic carbocycles. The number of hydrogen-bond donors (Lipinski definition) is 2. The number of methoxy groups -OCH3 is 1. The van der Waals surface area contributed by atoms with E-state index in [1.807, 2.05) is 18.2 Å². The Morgan fingerprint density at radius 3 is 2.65 bits per heavy atom. The van der Waals surface area contributed by atoms with Crippen LogP contribution in [0.15, 0.2) is 47.6 Å². The first-order valence-electron chi connectivity index (χ1n) is 6.62. The SMILES string of the molecule is COc1c(I)cc(I)cc1C=NNC(=O)C(O)c1ccccc1. The second-order valence-electron chi connectivity index (χ2n) is 4.56. The summed E-state index contributed by atoms with van der Waals surface area (Å²) in [6.45, 7) is 0. The third-order valence-corrected chi connectivity index (χ3v) is 4.41. The van der Waals surface area contributed by atoms with Crippen molar-refractivity contribution in [2.24, 2.45) is 5.10 Å². The second kappa shape index (κ2) is 8.60. The lowest BCUT2D eigenvalue weighted by atomic mass is 10.1. The molecule has 0 heterocycles. The highest BCUT2D eigenvalue weighted by atomic mass is 127. The lowest BCUT2D eigenvalue weighted by Crippen LogP contribution is -2.25. The number of hydrogen-bond acceptors (Lipinski definition) is 4. The molecule has 0 fully saturated rings. The third kappa shape index (κ3) is 4.88. The Morgan fingerprint density at radius 2 is 2.00 bits per heavy atom. The van der Waals surface area contributed by atoms with Gasteiger partial charge in [0.25, 0.3) is 5.91 Å². The van der Waals surface area contributed by atoms with E-state index in [-0.39, 0.29) is 0 Å². The normalized spacial score (nSPS) is 12.2. The summed E-state index contributed by atoms with van der Waals surface area (Å²) in [4.78, 5) is 11.9. The maximum absolute atomic E-state index is 11.9. The Morgan fingerprint density at radius 1 is 1.30 bits per heavy atom. The molecule has 0 aliphatic carbocycles. The van der Waals surface area contributed by atoms with Crippen molar-refractivity contribution in [3.05, 3.63) is 60.7 Å². The first kappa shape index (κ1) is 18.1. The maximum atomic E-state index is 11.9. The molecule has 0 saturated carbocycles. The number of ether oxygens (including phenoxy) is 1. The van der Waals surface area contributed by atoms with Crippen molar-refractivity contribution in [3.8, 4) is 5.75 Å². The second-order valence-corrected chi connectivity index (χ2v) is 6.97. The zero-order valence-electron chi connectivity index (χ0n) is 12.2. The summed E-state index contributed by atoms with van der Waals surface area (Å²) >= 11 is 4.37. The van der Waals surface area contributed by atoms with E-state index in [1.165, 1.54) is 6.21 Å². The molecule has 1 unspecified atom stereocenters. The minimum atomic E-state index is -1.26. The minimum absolute atomic E-state index is 0.515. The van der Waals surface area contributed by atoms with Crippen LogP contribution < -0.4 is 10.2 Å². The van der Waals surface area contributed by atoms with Gasteiger partial charge in [-0.15, -0.1) is 0 Å². The molecule has 2 rings (SSSR count). The highest BCUT2D eigenvalue weighted by Gasteiger charge is 2.16. The van der Waals surface area contributed by atoms with Gasteiger partial charge in [0.15, 0.2) is 6.10 Å². The lowest BCUT2D eigenvalue weighted by Gasteiger charge is -2.09. The molecular formula is C16H14I2N2O3. The average Bonchev–Trinajstić information content (AvgIpc) is 2.54. The number of nitrogens with zero attached hydrogens (tertiary/aromatic N) is 1. The van der Waals surface area contributed by atoms with Gasteiger partial charge in [-0.2, -0.15) is 5.10 Å². The smallest absolute Gasteiger partial charge is 0.273 e. The van der Waals surface area contributed by atoms with Gasteiger partial charge < -0.3 is 9.84 Å². The zero-order chi connectivity index (χ0) is 16.8. The monoisotopic (exact) mass is 536 g/mol. The number of nitrogens with one attached hydrogen (secondary N) is 1. The number of halogens is 2. The summed E-state index contributed by atoms with van der Waals surface area (Å²) in [7, 11) is 1.58. The summed E-state index contributed by atoms with van der Waals surface area (Å²) in [5.74, 6) is 0.0966. The number of carbonyl (C=O) groups excluding carboxylic acids is 1. The van der Waals surface area contributed by atoms with E-state index in [2.05, 4.69) is 55.7 Å². The molecule has 0 saturated heterocycles. The van der Waals surface area contributed by atoms with Gasteiger partial charge in [0.05, 0.1) is 16.9 Å². The van der Waals surface area contributed by atoms with Crippen molar-refractivity contribution < 1.29 is 14.6 Å². The molecule has 0 spiro atoms. The van der Waals surface area contributed by atoms with E-state index in [4.69, 9.17) is 4.74 Å². The Labute approximate surface area is 161 Å². The number of aliphatic hydroxyl groups excluding tert-OH is 1. The Kier molecular flexibility index (Phi) is 6.78. The van der Waals surface area contributed by atoms with Crippen LogP contribution >= 0.6 is 45.2 Å². The van der Waals surface area contributed by atoms with Crippen LogP contribution in [0.25, 0.3) is 0 Å². The van der Waals surface area contributed by atoms with Gasteiger partial charge in [-0.25, -0.2) is 5.43 Å². The highest BCUT2D eigenvalue weighted by molar-refractivity contribution is 14.1. The number of amides is 1. The number of carbonyl (C=O) groups is 1. The van der Waals surface area contributed by atoms with Crippen LogP contribution in [-0.2, 0) is 4.79 Å². The van der Waals surface area contributed by atoms with Crippen LogP contribution in [0.2, 0.25) is 0 Å². The molecule has 1 atom stereocenters. The molecule has 2 N–H and O–H groups in total. The van der Waals surface area contributed by atoms with Crippen LogP contribution in [0.3, 0.4) is 0 Å². The molecule has 5 nitrogen and oxygen atoms in total. The van der Waals surface area contributed by atoms with Gasteiger partial charge in [-0.3, -0.25) is 4.79 Å². The van der Waals surface area contributed by atoms with Gasteiger partial charge in [-0.05, 0) is 62.9 Å². The van der Waals surface area contributed by atoms with Crippen molar-refractivity contribution in [1.29, 1.82) is 0 Å². The van der Waals surface area contributed by atoms with Crippen molar-refractivity contribution in [3.63, 3.8) is 0 Å². The predicted octanol–water partition coefficient (Wildman–Crippen LogP) is 3.09. The molecule has 0 aliphatic rings. The molecule has 0 aromatic heterocycles. The number of benzene rings is 2. The number of hydrazone groups is 1. The average molecular weight is 536 g/mol. The number of rotatable bonds is 5. The van der Waals surface area contributed by atoms with Crippen LogP contribution in [0, 0.1) is 7.14 Å². The molecule has 23 heavy (non-hydrogen) atoms. The molecule has 1 amide bonds. The van der Waals surface area contributed by atoms with Crippen LogP contribution in [0.1, 0.15) is 17.2 Å². The van der Waals surface area contributed by atoms with Gasteiger partial charge in [0.1, 0.15) is 5.75 Å². The predicted molar refractivity (Wildman–Crippen MR) is 106 cm³/mol. The first-order chi connectivity index (χ1) is 11.0. The topological polar surface area (TPSA) is 70.9 Å². The molecule has 2 aromatic rings. The molecular weight excluding hydrogens is 522 g/mol. The third-order valence-electron chi connectivity index (χ3n) is 2.98. The largest absolute Gasteiger partial charge is 0.495 e. The van der Waals surface area contributed by atoms with Crippen molar-refractivity contribution in [1.82, 2.24) is 5.43 Å². The van der Waals surface area contributed by atoms with E-state index in [1.54, 1.807) is 31.4 Å². The van der Waals surface area contributed by atoms with Crippen LogP contribution in [0.4, 0.5) is 0 Å². The van der Waals surface area contributed by atoms with Gasteiger partial charge in [0.2, 0.25) is 0 Å². The molecule has 0 aliphatic heterocycles. The standard InChI is InChI=1S/C16H14I2N2O3/c1-23-15-11(7-12(17)8-13(15)18)9-19-20-16(22)14(21)10-5-3-2-4-6-10/h2-9,14,21H,1H3,(H,20,22).